The molecule has 0 amide bonds. The zero-order valence-electron chi connectivity index (χ0n) is 17.7. The van der Waals surface area contributed by atoms with Crippen molar-refractivity contribution in [3.05, 3.63) is 18.0 Å². The minimum absolute atomic E-state index is 0.0434. The molecule has 0 bridgehead atoms. The molecule has 5 heteroatoms. The lowest BCUT2D eigenvalue weighted by molar-refractivity contribution is -0.135. The highest BCUT2D eigenvalue weighted by molar-refractivity contribution is 5.84. The SMILES string of the molecule is CC1CCC2C(CCC3C2CCC2(C)C(C(=O)Cn4cc(C#N)cn4)OCC32)C1. The Hall–Kier alpha value is -1.67. The van der Waals surface area contributed by atoms with E-state index in [1.165, 1.54) is 44.7 Å². The van der Waals surface area contributed by atoms with Gasteiger partial charge in [-0.25, -0.2) is 0 Å². The van der Waals surface area contributed by atoms with Gasteiger partial charge in [0.2, 0.25) is 0 Å². The molecule has 3 saturated carbocycles. The van der Waals surface area contributed by atoms with Crippen molar-refractivity contribution in [3.63, 3.8) is 0 Å². The molecule has 8 atom stereocenters. The maximum atomic E-state index is 13.1. The maximum absolute atomic E-state index is 13.1. The Kier molecular flexibility index (Phi) is 4.81. The Morgan fingerprint density at radius 1 is 1.28 bits per heavy atom. The van der Waals surface area contributed by atoms with Gasteiger partial charge in [0.1, 0.15) is 18.7 Å². The molecule has 8 unspecified atom stereocenters. The molecule has 0 N–H and O–H groups in total. The molecule has 0 radical (unpaired) electrons. The Morgan fingerprint density at radius 3 is 2.90 bits per heavy atom. The predicted octanol–water partition coefficient (Wildman–Crippen LogP) is 4.22. The second-order valence-corrected chi connectivity index (χ2v) is 10.6. The Bertz CT molecular complexity index is 826. The lowest BCUT2D eigenvalue weighted by Crippen LogP contribution is -2.51. The summed E-state index contributed by atoms with van der Waals surface area (Å²) in [6.07, 6.45) is 12.2. The number of ketones is 1. The van der Waals surface area contributed by atoms with Gasteiger partial charge in [-0.05, 0) is 74.0 Å². The third-order valence-corrected chi connectivity index (χ3v) is 9.07. The molecule has 2 heterocycles. The largest absolute Gasteiger partial charge is 0.369 e. The minimum Gasteiger partial charge on any atom is -0.369 e. The van der Waals surface area contributed by atoms with Gasteiger partial charge in [0.25, 0.3) is 0 Å². The molecular formula is C24H33N3O2. The van der Waals surface area contributed by atoms with E-state index in [0.717, 1.165) is 42.6 Å². The molecule has 0 spiro atoms. The van der Waals surface area contributed by atoms with Crippen molar-refractivity contribution in [3.8, 4) is 6.07 Å². The summed E-state index contributed by atoms with van der Waals surface area (Å²) in [6, 6.07) is 2.07. The van der Waals surface area contributed by atoms with Gasteiger partial charge in [0, 0.05) is 11.6 Å². The van der Waals surface area contributed by atoms with E-state index in [9.17, 15) is 4.79 Å². The highest BCUT2D eigenvalue weighted by Gasteiger charge is 2.59. The van der Waals surface area contributed by atoms with Gasteiger partial charge in [0.05, 0.1) is 18.4 Å². The zero-order chi connectivity index (χ0) is 20.2. The van der Waals surface area contributed by atoms with Crippen LogP contribution in [0.3, 0.4) is 0 Å². The highest BCUT2D eigenvalue weighted by atomic mass is 16.5. The van der Waals surface area contributed by atoms with Crippen molar-refractivity contribution >= 4 is 5.78 Å². The van der Waals surface area contributed by atoms with Crippen molar-refractivity contribution < 1.29 is 9.53 Å². The Labute approximate surface area is 173 Å². The van der Waals surface area contributed by atoms with Crippen LogP contribution in [-0.2, 0) is 16.1 Å². The summed E-state index contributed by atoms with van der Waals surface area (Å²) in [5.41, 5.74) is 0.450. The van der Waals surface area contributed by atoms with Crippen LogP contribution >= 0.6 is 0 Å². The van der Waals surface area contributed by atoms with Crippen LogP contribution in [0.15, 0.2) is 12.4 Å². The van der Waals surface area contributed by atoms with Gasteiger partial charge in [-0.3, -0.25) is 9.48 Å². The molecule has 156 valence electrons. The molecule has 29 heavy (non-hydrogen) atoms. The monoisotopic (exact) mass is 395 g/mol. The molecule has 0 aromatic carbocycles. The molecular weight excluding hydrogens is 362 g/mol. The minimum atomic E-state index is -0.327. The second-order valence-electron chi connectivity index (χ2n) is 10.6. The van der Waals surface area contributed by atoms with Crippen molar-refractivity contribution in [2.24, 2.45) is 40.9 Å². The number of aromatic nitrogens is 2. The number of carbonyl (C=O) groups is 1. The van der Waals surface area contributed by atoms with E-state index in [1.54, 1.807) is 10.9 Å². The predicted molar refractivity (Wildman–Crippen MR) is 109 cm³/mol. The summed E-state index contributed by atoms with van der Waals surface area (Å²) in [4.78, 5) is 13.1. The standard InChI is InChI=1S/C24H33N3O2/c1-15-3-5-18-17(9-15)4-6-20-19(18)7-8-24(2)21(20)14-29-23(24)22(28)13-27-12-16(10-25)11-26-27/h11-12,15,17-21,23H,3-9,13-14H2,1-2H3. The first-order valence-corrected chi connectivity index (χ1v) is 11.6. The summed E-state index contributed by atoms with van der Waals surface area (Å²) in [6.45, 7) is 5.68. The van der Waals surface area contributed by atoms with Gasteiger partial charge >= 0.3 is 0 Å². The number of nitrogens with zero attached hydrogens (tertiary/aromatic N) is 3. The van der Waals surface area contributed by atoms with E-state index in [1.807, 2.05) is 0 Å². The first kappa shape index (κ1) is 19.3. The summed E-state index contributed by atoms with van der Waals surface area (Å²) in [5.74, 6) is 4.97. The smallest absolute Gasteiger partial charge is 0.183 e. The molecule has 3 aliphatic carbocycles. The van der Waals surface area contributed by atoms with Crippen LogP contribution < -0.4 is 0 Å². The number of fused-ring (bicyclic) bond motifs is 5. The Balaban J connectivity index is 1.31. The molecule has 5 rings (SSSR count). The number of ether oxygens (including phenoxy) is 1. The molecule has 1 aromatic rings. The number of carbonyl (C=O) groups excluding carboxylic acids is 1. The van der Waals surface area contributed by atoms with Gasteiger partial charge < -0.3 is 4.74 Å². The van der Waals surface area contributed by atoms with Crippen LogP contribution in [-0.4, -0.2) is 28.3 Å². The average molecular weight is 396 g/mol. The average Bonchev–Trinajstić information content (AvgIpc) is 3.30. The highest BCUT2D eigenvalue weighted by Crippen LogP contribution is 2.61. The fraction of sp³-hybridized carbons (Fsp3) is 0.792. The first-order valence-electron chi connectivity index (χ1n) is 11.6. The van der Waals surface area contributed by atoms with Crippen LogP contribution in [0.2, 0.25) is 0 Å². The van der Waals surface area contributed by atoms with E-state index < -0.39 is 0 Å². The fourth-order valence-corrected chi connectivity index (χ4v) is 7.68. The number of Topliss-reactive ketones (excluding diaryl/α,β-unsaturated/α-hetero) is 1. The van der Waals surface area contributed by atoms with Crippen molar-refractivity contribution in [1.82, 2.24) is 9.78 Å². The molecule has 4 aliphatic rings. The second kappa shape index (κ2) is 7.23. The molecule has 1 aromatic heterocycles. The number of hydrogen-bond donors (Lipinski definition) is 0. The van der Waals surface area contributed by atoms with E-state index in [-0.39, 0.29) is 23.8 Å². The first-order chi connectivity index (χ1) is 14.0. The van der Waals surface area contributed by atoms with Gasteiger partial charge in [-0.15, -0.1) is 0 Å². The number of nitriles is 1. The Morgan fingerprint density at radius 2 is 2.10 bits per heavy atom. The van der Waals surface area contributed by atoms with Crippen LogP contribution in [0.5, 0.6) is 0 Å². The lowest BCUT2D eigenvalue weighted by atomic mass is 9.49. The molecule has 1 saturated heterocycles. The van der Waals surface area contributed by atoms with Crippen LogP contribution in [0, 0.1) is 52.3 Å². The summed E-state index contributed by atoms with van der Waals surface area (Å²) >= 11 is 0. The van der Waals surface area contributed by atoms with E-state index in [2.05, 4.69) is 25.0 Å². The number of rotatable bonds is 3. The van der Waals surface area contributed by atoms with Crippen molar-refractivity contribution in [1.29, 1.82) is 5.26 Å². The van der Waals surface area contributed by atoms with E-state index in [0.29, 0.717) is 11.5 Å². The third kappa shape index (κ3) is 3.15. The summed E-state index contributed by atoms with van der Waals surface area (Å²) in [5, 5.41) is 13.1. The topological polar surface area (TPSA) is 67.9 Å². The van der Waals surface area contributed by atoms with E-state index >= 15 is 0 Å². The number of hydrogen-bond acceptors (Lipinski definition) is 4. The summed E-state index contributed by atoms with van der Waals surface area (Å²) in [7, 11) is 0. The van der Waals surface area contributed by atoms with Gasteiger partial charge in [-0.2, -0.15) is 10.4 Å². The maximum Gasteiger partial charge on any atom is 0.183 e. The summed E-state index contributed by atoms with van der Waals surface area (Å²) < 4.78 is 7.80. The van der Waals surface area contributed by atoms with E-state index in [4.69, 9.17) is 10.00 Å². The fourth-order valence-electron chi connectivity index (χ4n) is 7.68. The normalized spacial score (nSPS) is 43.7. The molecule has 1 aliphatic heterocycles. The van der Waals surface area contributed by atoms with Crippen LogP contribution in [0.25, 0.3) is 0 Å². The van der Waals surface area contributed by atoms with Gasteiger partial charge in [-0.1, -0.05) is 20.3 Å². The van der Waals surface area contributed by atoms with Crippen LogP contribution in [0.1, 0.15) is 64.4 Å². The lowest BCUT2D eigenvalue weighted by Gasteiger charge is -2.55. The van der Waals surface area contributed by atoms with Gasteiger partial charge in [0.15, 0.2) is 5.78 Å². The van der Waals surface area contributed by atoms with Crippen LogP contribution in [0.4, 0.5) is 0 Å². The van der Waals surface area contributed by atoms with Crippen molar-refractivity contribution in [2.75, 3.05) is 6.61 Å². The van der Waals surface area contributed by atoms with Crippen molar-refractivity contribution in [2.45, 2.75) is 71.4 Å². The molecule has 5 nitrogen and oxygen atoms in total. The molecule has 4 fully saturated rings. The third-order valence-electron chi connectivity index (χ3n) is 9.07. The quantitative estimate of drug-likeness (QED) is 0.768. The zero-order valence-corrected chi connectivity index (χ0v) is 17.7.